The Morgan fingerprint density at radius 3 is 2.47 bits per heavy atom. The third-order valence-corrected chi connectivity index (χ3v) is 7.29. The summed E-state index contributed by atoms with van der Waals surface area (Å²) in [5, 5.41) is 33.9. The molecule has 7 nitrogen and oxygen atoms in total. The minimum absolute atomic E-state index is 0.156. The van der Waals surface area contributed by atoms with E-state index < -0.39 is 0 Å². The number of methoxy groups -OCH3 is 1. The molecule has 7 heteroatoms. The third kappa shape index (κ3) is 6.51. The fraction of sp³-hybridized carbons (Fsp3) is 0.452. The Balaban J connectivity index is 1.85. The van der Waals surface area contributed by atoms with Gasteiger partial charge in [-0.05, 0) is 72.8 Å². The number of amides is 1. The van der Waals surface area contributed by atoms with E-state index in [1.165, 1.54) is 28.7 Å². The van der Waals surface area contributed by atoms with Crippen molar-refractivity contribution in [2.75, 3.05) is 30.0 Å². The minimum atomic E-state index is -0.352. The van der Waals surface area contributed by atoms with Gasteiger partial charge in [0.05, 0.1) is 16.9 Å². The van der Waals surface area contributed by atoms with E-state index in [0.717, 1.165) is 37.7 Å². The summed E-state index contributed by atoms with van der Waals surface area (Å²) >= 11 is 0. The Kier molecular flexibility index (Phi) is 9.50. The van der Waals surface area contributed by atoms with Gasteiger partial charge in [0.1, 0.15) is 17.2 Å². The number of phenolic OH excluding ortho intramolecular Hbond substituents is 2. The van der Waals surface area contributed by atoms with E-state index >= 15 is 0 Å². The fourth-order valence-corrected chi connectivity index (χ4v) is 5.00. The highest BCUT2D eigenvalue weighted by Gasteiger charge is 2.32. The van der Waals surface area contributed by atoms with Crippen LogP contribution >= 0.6 is 0 Å². The molecule has 1 heterocycles. The average molecular weight is 522 g/mol. The molecule has 0 aliphatic carbocycles. The van der Waals surface area contributed by atoms with Crippen LogP contribution in [0.4, 0.5) is 17.1 Å². The number of aromatic hydroxyl groups is 2. The van der Waals surface area contributed by atoms with Crippen molar-refractivity contribution in [3.8, 4) is 17.2 Å². The van der Waals surface area contributed by atoms with Gasteiger partial charge in [-0.2, -0.15) is 0 Å². The second-order valence-electron chi connectivity index (χ2n) is 10.5. The van der Waals surface area contributed by atoms with Crippen LogP contribution < -0.4 is 14.9 Å². The Morgan fingerprint density at radius 1 is 1.08 bits per heavy atom. The Bertz CT molecular complexity index is 1210. The molecule has 2 N–H and O–H groups in total. The summed E-state index contributed by atoms with van der Waals surface area (Å²) in [7, 11) is 1.77. The largest absolute Gasteiger partial charge is 0.871 e. The van der Waals surface area contributed by atoms with Gasteiger partial charge in [-0.3, -0.25) is 4.79 Å². The molecule has 2 aromatic rings. The lowest BCUT2D eigenvalue weighted by Crippen LogP contribution is -2.30. The van der Waals surface area contributed by atoms with Gasteiger partial charge in [0.15, 0.2) is 0 Å². The van der Waals surface area contributed by atoms with Crippen molar-refractivity contribution in [3.05, 3.63) is 59.2 Å². The molecule has 0 fully saturated rings. The van der Waals surface area contributed by atoms with Crippen molar-refractivity contribution in [3.63, 3.8) is 0 Å². The lowest BCUT2D eigenvalue weighted by atomic mass is 9.92. The van der Waals surface area contributed by atoms with Crippen molar-refractivity contribution in [1.82, 2.24) is 0 Å². The highest BCUT2D eigenvalue weighted by Crippen LogP contribution is 2.49. The fourth-order valence-electron chi connectivity index (χ4n) is 5.00. The first-order valence-electron chi connectivity index (χ1n) is 13.3. The molecule has 3 rings (SSSR count). The molecule has 0 saturated heterocycles. The Morgan fingerprint density at radius 2 is 1.82 bits per heavy atom. The van der Waals surface area contributed by atoms with Crippen LogP contribution in [0.25, 0.3) is 0 Å². The van der Waals surface area contributed by atoms with Gasteiger partial charge in [0.25, 0.3) is 5.91 Å². The molecule has 0 spiro atoms. The van der Waals surface area contributed by atoms with Crippen LogP contribution in [0.2, 0.25) is 0 Å². The van der Waals surface area contributed by atoms with E-state index in [9.17, 15) is 20.1 Å². The number of carbonyl (C=O) groups excluding carboxylic acids is 1. The highest BCUT2D eigenvalue weighted by molar-refractivity contribution is 6.15. The molecule has 1 atom stereocenters. The predicted molar refractivity (Wildman–Crippen MR) is 152 cm³/mol. The molecule has 0 saturated carbocycles. The standard InChI is InChI=1S/C31H42N2O5/c1-7-32-28-24(13-8-14-26(28)35)30(37)33(25-19-23(34)20-27(36)29(25)32)18-15-22(4)12-10-17-31(5,38-6)16-9-11-21(2)3/h8,11,13-15,19-20,34-36H,7,9-10,12,16-18H2,1-6H3/p-1/b22-15+. The van der Waals surface area contributed by atoms with Crippen molar-refractivity contribution in [2.24, 2.45) is 0 Å². The molecule has 0 aromatic heterocycles. The number of para-hydroxylation sites is 1. The smallest absolute Gasteiger partial charge is 0.260 e. The molecule has 206 valence electrons. The zero-order valence-electron chi connectivity index (χ0n) is 23.5. The summed E-state index contributed by atoms with van der Waals surface area (Å²) in [5.41, 5.74) is 3.44. The van der Waals surface area contributed by atoms with E-state index in [2.05, 4.69) is 26.8 Å². The maximum Gasteiger partial charge on any atom is 0.260 e. The minimum Gasteiger partial charge on any atom is -0.871 e. The van der Waals surface area contributed by atoms with Gasteiger partial charge in [0, 0.05) is 38.0 Å². The normalized spacial score (nSPS) is 15.0. The molecule has 1 aliphatic heterocycles. The van der Waals surface area contributed by atoms with Crippen LogP contribution in [0.1, 0.15) is 77.1 Å². The van der Waals surface area contributed by atoms with Gasteiger partial charge in [-0.25, -0.2) is 0 Å². The first-order valence-corrected chi connectivity index (χ1v) is 13.3. The highest BCUT2D eigenvalue weighted by atomic mass is 16.5. The zero-order chi connectivity index (χ0) is 28.0. The number of hydrogen-bond acceptors (Lipinski definition) is 6. The number of rotatable bonds is 11. The van der Waals surface area contributed by atoms with Gasteiger partial charge in [-0.15, -0.1) is 0 Å². The predicted octanol–water partition coefficient (Wildman–Crippen LogP) is 6.56. The summed E-state index contributed by atoms with van der Waals surface area (Å²) in [6.07, 6.45) is 8.89. The average Bonchev–Trinajstić information content (AvgIpc) is 2.95. The molecule has 2 aromatic carbocycles. The second-order valence-corrected chi connectivity index (χ2v) is 10.5. The summed E-state index contributed by atoms with van der Waals surface area (Å²) in [5.74, 6) is -0.995. The van der Waals surface area contributed by atoms with E-state index in [1.54, 1.807) is 24.1 Å². The maximum absolute atomic E-state index is 13.7. The number of allylic oxidation sites excluding steroid dienone is 3. The monoisotopic (exact) mass is 521 g/mol. The first kappa shape index (κ1) is 29.1. The lowest BCUT2D eigenvalue weighted by molar-refractivity contribution is -0.267. The number of fused-ring (bicyclic) bond motifs is 2. The van der Waals surface area contributed by atoms with Crippen LogP contribution in [-0.2, 0) is 4.74 Å². The quantitative estimate of drug-likeness (QED) is 0.325. The van der Waals surface area contributed by atoms with E-state index in [-0.39, 0.29) is 46.6 Å². The van der Waals surface area contributed by atoms with E-state index in [1.807, 2.05) is 19.9 Å². The summed E-state index contributed by atoms with van der Waals surface area (Å²) < 4.78 is 5.83. The number of carbonyl (C=O) groups is 1. The number of hydrogen-bond donors (Lipinski definition) is 2. The van der Waals surface area contributed by atoms with Crippen molar-refractivity contribution >= 4 is 23.0 Å². The molecular formula is C31H41N2O5-. The van der Waals surface area contributed by atoms with Crippen molar-refractivity contribution < 1.29 is 24.9 Å². The van der Waals surface area contributed by atoms with Crippen LogP contribution in [0.15, 0.2) is 53.6 Å². The molecule has 0 bridgehead atoms. The van der Waals surface area contributed by atoms with Crippen molar-refractivity contribution in [1.29, 1.82) is 0 Å². The zero-order valence-corrected chi connectivity index (χ0v) is 23.5. The summed E-state index contributed by atoms with van der Waals surface area (Å²) in [6.45, 7) is 10.8. The second kappa shape index (κ2) is 12.4. The Labute approximate surface area is 226 Å². The molecule has 1 unspecified atom stereocenters. The molecule has 1 aliphatic rings. The van der Waals surface area contributed by atoms with E-state index in [4.69, 9.17) is 4.74 Å². The summed E-state index contributed by atoms with van der Waals surface area (Å²) in [6, 6.07) is 7.32. The molecule has 0 radical (unpaired) electrons. The lowest BCUT2D eigenvalue weighted by Gasteiger charge is -2.29. The first-order chi connectivity index (χ1) is 18.0. The van der Waals surface area contributed by atoms with Crippen molar-refractivity contribution in [2.45, 2.75) is 72.3 Å². The van der Waals surface area contributed by atoms with Crippen LogP contribution in [0, 0.1) is 0 Å². The SMILES string of the molecule is CCN1c2c([O-])cccc2C(=O)N(C/C=C(\C)CCCC(C)(CCC=C(C)C)OC)c2cc(O)cc(O)c21. The van der Waals surface area contributed by atoms with Gasteiger partial charge >= 0.3 is 0 Å². The number of nitrogens with zero attached hydrogens (tertiary/aromatic N) is 2. The summed E-state index contributed by atoms with van der Waals surface area (Å²) in [4.78, 5) is 16.9. The van der Waals surface area contributed by atoms with Crippen LogP contribution in [-0.4, -0.2) is 41.9 Å². The number of phenols is 2. The van der Waals surface area contributed by atoms with Gasteiger partial charge in [0.2, 0.25) is 0 Å². The Hall–Kier alpha value is -3.45. The van der Waals surface area contributed by atoms with Gasteiger partial charge < -0.3 is 29.9 Å². The third-order valence-electron chi connectivity index (χ3n) is 7.29. The topological polar surface area (TPSA) is 96.3 Å². The van der Waals surface area contributed by atoms with Crippen LogP contribution in [0.5, 0.6) is 17.2 Å². The number of anilines is 3. The van der Waals surface area contributed by atoms with Gasteiger partial charge in [-0.1, -0.05) is 41.2 Å². The number of ether oxygens (including phenoxy) is 1. The molecule has 38 heavy (non-hydrogen) atoms. The van der Waals surface area contributed by atoms with Crippen LogP contribution in [0.3, 0.4) is 0 Å². The number of benzene rings is 2. The maximum atomic E-state index is 13.7. The van der Waals surface area contributed by atoms with E-state index in [0.29, 0.717) is 17.9 Å². The molecular weight excluding hydrogens is 480 g/mol. The molecule has 1 amide bonds.